The van der Waals surface area contributed by atoms with Crippen LogP contribution in [0.1, 0.15) is 5.56 Å². The van der Waals surface area contributed by atoms with Gasteiger partial charge in [-0.25, -0.2) is 29.4 Å². The van der Waals surface area contributed by atoms with Crippen LogP contribution in [0.25, 0.3) is 11.4 Å². The minimum absolute atomic E-state index is 0.0720. The lowest BCUT2D eigenvalue weighted by atomic mass is 10.2. The third-order valence-corrected chi connectivity index (χ3v) is 4.37. The molecule has 0 atom stereocenters. The molecule has 0 saturated carbocycles. The maximum Gasteiger partial charge on any atom is 0.167 e. The summed E-state index contributed by atoms with van der Waals surface area (Å²) in [6.45, 7) is 3.77. The Morgan fingerprint density at radius 3 is 2.42 bits per heavy atom. The second kappa shape index (κ2) is 9.78. The lowest BCUT2D eigenvalue weighted by molar-refractivity contribution is 0.0743. The van der Waals surface area contributed by atoms with Gasteiger partial charge in [0, 0.05) is 25.6 Å². The first kappa shape index (κ1) is 21.9. The molecule has 1 aromatic carbocycles. The van der Waals surface area contributed by atoms with Crippen molar-refractivity contribution in [3.8, 4) is 11.4 Å². The van der Waals surface area contributed by atoms with E-state index in [-0.39, 0.29) is 42.2 Å². The van der Waals surface area contributed by atoms with E-state index in [0.717, 1.165) is 0 Å². The Morgan fingerprint density at radius 1 is 1.10 bits per heavy atom. The molecule has 3 aromatic rings. The molecule has 2 heterocycles. The molecule has 31 heavy (non-hydrogen) atoms. The standard InChI is InChI=1S/C20H23FN8O2/c1-24-28(11-13-7-4-5-9-15(13)21)20-14(8-6-10-25-20)19-26-17(22)16(18(23)27-19)29(31-3)12-30-2/h4-10H,1,11-12H2,2-3H3,(H4,22,23,26,27). The molecular formula is C20H23FN8O2. The number of hydroxylamine groups is 1. The summed E-state index contributed by atoms with van der Waals surface area (Å²) in [5.74, 6) is 0.401. The van der Waals surface area contributed by atoms with Crippen LogP contribution < -0.4 is 21.5 Å². The van der Waals surface area contributed by atoms with Crippen LogP contribution in [0.5, 0.6) is 0 Å². The number of hydrogen-bond acceptors (Lipinski definition) is 10. The van der Waals surface area contributed by atoms with Crippen molar-refractivity contribution < 1.29 is 14.0 Å². The first-order chi connectivity index (χ1) is 15.0. The molecule has 0 radical (unpaired) electrons. The number of nitrogen functional groups attached to an aromatic ring is 2. The highest BCUT2D eigenvalue weighted by Crippen LogP contribution is 2.33. The van der Waals surface area contributed by atoms with E-state index in [9.17, 15) is 4.39 Å². The molecule has 0 saturated heterocycles. The summed E-state index contributed by atoms with van der Waals surface area (Å²) >= 11 is 0. The number of hydrazone groups is 1. The molecule has 4 N–H and O–H groups in total. The molecule has 0 unspecified atom stereocenters. The zero-order valence-electron chi connectivity index (χ0n) is 17.2. The van der Waals surface area contributed by atoms with Crippen LogP contribution >= 0.6 is 0 Å². The lowest BCUT2D eigenvalue weighted by Crippen LogP contribution is -2.27. The van der Waals surface area contributed by atoms with Gasteiger partial charge in [0.15, 0.2) is 29.0 Å². The zero-order valence-corrected chi connectivity index (χ0v) is 17.2. The highest BCUT2D eigenvalue weighted by atomic mass is 19.1. The average molecular weight is 426 g/mol. The van der Waals surface area contributed by atoms with Gasteiger partial charge in [-0.1, -0.05) is 18.2 Å². The first-order valence-corrected chi connectivity index (χ1v) is 9.16. The predicted molar refractivity (Wildman–Crippen MR) is 118 cm³/mol. The number of methoxy groups -OCH3 is 1. The zero-order chi connectivity index (χ0) is 22.4. The van der Waals surface area contributed by atoms with Crippen molar-refractivity contribution in [2.75, 3.05) is 42.5 Å². The Kier molecular flexibility index (Phi) is 6.90. The number of anilines is 4. The van der Waals surface area contributed by atoms with E-state index in [1.54, 1.807) is 36.5 Å². The van der Waals surface area contributed by atoms with Crippen LogP contribution in [0.3, 0.4) is 0 Å². The van der Waals surface area contributed by atoms with E-state index < -0.39 is 0 Å². The number of aromatic nitrogens is 3. The van der Waals surface area contributed by atoms with E-state index in [1.807, 2.05) is 0 Å². The summed E-state index contributed by atoms with van der Waals surface area (Å²) in [6, 6.07) is 9.83. The average Bonchev–Trinajstić information content (AvgIpc) is 2.77. The van der Waals surface area contributed by atoms with E-state index in [2.05, 4.69) is 26.8 Å². The number of rotatable bonds is 9. The lowest BCUT2D eigenvalue weighted by Gasteiger charge is -2.23. The normalized spacial score (nSPS) is 10.7. The third kappa shape index (κ3) is 4.68. The largest absolute Gasteiger partial charge is 0.382 e. The summed E-state index contributed by atoms with van der Waals surface area (Å²) in [5.41, 5.74) is 13.5. The maximum absolute atomic E-state index is 14.2. The van der Waals surface area contributed by atoms with Gasteiger partial charge in [0.05, 0.1) is 19.2 Å². The maximum atomic E-state index is 14.2. The second-order valence-corrected chi connectivity index (χ2v) is 6.31. The van der Waals surface area contributed by atoms with Crippen molar-refractivity contribution in [1.29, 1.82) is 0 Å². The van der Waals surface area contributed by atoms with Crippen LogP contribution in [-0.4, -0.2) is 42.6 Å². The number of ether oxygens (including phenoxy) is 1. The van der Waals surface area contributed by atoms with Crippen molar-refractivity contribution in [3.63, 3.8) is 0 Å². The molecule has 0 spiro atoms. The Morgan fingerprint density at radius 2 is 1.81 bits per heavy atom. The molecule has 11 heteroatoms. The van der Waals surface area contributed by atoms with Crippen LogP contribution in [0.15, 0.2) is 47.7 Å². The monoisotopic (exact) mass is 426 g/mol. The number of nitrogens with zero attached hydrogens (tertiary/aromatic N) is 6. The van der Waals surface area contributed by atoms with Gasteiger partial charge in [-0.15, -0.1) is 0 Å². The minimum Gasteiger partial charge on any atom is -0.382 e. The summed E-state index contributed by atoms with van der Waals surface area (Å²) in [4.78, 5) is 18.3. The molecule has 10 nitrogen and oxygen atoms in total. The van der Waals surface area contributed by atoms with Crippen LogP contribution in [-0.2, 0) is 16.1 Å². The Balaban J connectivity index is 2.03. The van der Waals surface area contributed by atoms with Crippen molar-refractivity contribution in [2.24, 2.45) is 5.10 Å². The molecule has 162 valence electrons. The second-order valence-electron chi connectivity index (χ2n) is 6.31. The number of nitrogens with two attached hydrogens (primary N) is 2. The molecule has 2 aromatic heterocycles. The first-order valence-electron chi connectivity index (χ1n) is 9.16. The smallest absolute Gasteiger partial charge is 0.167 e. The number of pyridine rings is 1. The van der Waals surface area contributed by atoms with Gasteiger partial charge >= 0.3 is 0 Å². The summed E-state index contributed by atoms with van der Waals surface area (Å²) in [6.07, 6.45) is 1.57. The van der Waals surface area contributed by atoms with E-state index >= 15 is 0 Å². The molecular weight excluding hydrogens is 403 g/mol. The van der Waals surface area contributed by atoms with Gasteiger partial charge < -0.3 is 16.2 Å². The molecule has 0 aliphatic heterocycles. The number of benzene rings is 1. The third-order valence-electron chi connectivity index (χ3n) is 4.37. The van der Waals surface area contributed by atoms with E-state index in [4.69, 9.17) is 21.0 Å². The SMILES string of the molecule is C=NN(Cc1ccccc1F)c1ncccc1-c1nc(N)c(N(COC)OC)c(N)n1. The van der Waals surface area contributed by atoms with Gasteiger partial charge in [-0.2, -0.15) is 5.10 Å². The Labute approximate surface area is 178 Å². The highest BCUT2D eigenvalue weighted by Gasteiger charge is 2.21. The quantitative estimate of drug-likeness (QED) is 0.301. The van der Waals surface area contributed by atoms with Crippen molar-refractivity contribution >= 4 is 29.9 Å². The van der Waals surface area contributed by atoms with Crippen LogP contribution in [0.2, 0.25) is 0 Å². The molecule has 3 rings (SSSR count). The fourth-order valence-electron chi connectivity index (χ4n) is 2.95. The number of hydrogen-bond donors (Lipinski definition) is 2. The summed E-state index contributed by atoms with van der Waals surface area (Å²) in [7, 11) is 2.95. The van der Waals surface area contributed by atoms with Crippen molar-refractivity contribution in [3.05, 3.63) is 54.0 Å². The van der Waals surface area contributed by atoms with Gasteiger partial charge in [0.1, 0.15) is 12.5 Å². The van der Waals surface area contributed by atoms with Gasteiger partial charge in [0.2, 0.25) is 0 Å². The van der Waals surface area contributed by atoms with E-state index in [0.29, 0.717) is 16.9 Å². The van der Waals surface area contributed by atoms with Crippen LogP contribution in [0, 0.1) is 5.82 Å². The topological polar surface area (TPSA) is 128 Å². The molecule has 0 aliphatic rings. The predicted octanol–water partition coefficient (Wildman–Crippen LogP) is 2.44. The molecule has 0 aliphatic carbocycles. The minimum atomic E-state index is -0.361. The fourth-order valence-corrected chi connectivity index (χ4v) is 2.95. The molecule has 0 bridgehead atoms. The van der Waals surface area contributed by atoms with Crippen molar-refractivity contribution in [2.45, 2.75) is 6.54 Å². The van der Waals surface area contributed by atoms with Crippen LogP contribution in [0.4, 0.5) is 27.5 Å². The Hall–Kier alpha value is -3.83. The van der Waals surface area contributed by atoms with Crippen molar-refractivity contribution in [1.82, 2.24) is 15.0 Å². The van der Waals surface area contributed by atoms with Gasteiger partial charge in [-0.3, -0.25) is 4.84 Å². The Bertz CT molecular complexity index is 1040. The van der Waals surface area contributed by atoms with Gasteiger partial charge in [0.25, 0.3) is 0 Å². The highest BCUT2D eigenvalue weighted by molar-refractivity contribution is 5.79. The molecule has 0 amide bonds. The summed E-state index contributed by atoms with van der Waals surface area (Å²) < 4.78 is 19.2. The van der Waals surface area contributed by atoms with E-state index in [1.165, 1.54) is 30.4 Å². The number of halogens is 1. The summed E-state index contributed by atoms with van der Waals surface area (Å²) in [5, 5.41) is 6.78. The van der Waals surface area contributed by atoms with Gasteiger partial charge in [-0.05, 0) is 18.2 Å². The molecule has 0 fully saturated rings. The fraction of sp³-hybridized carbons (Fsp3) is 0.200.